The highest BCUT2D eigenvalue weighted by atomic mass is 16.2. The van der Waals surface area contributed by atoms with Crippen molar-refractivity contribution in [2.45, 2.75) is 20.3 Å². The van der Waals surface area contributed by atoms with E-state index in [1.54, 1.807) is 6.92 Å². The van der Waals surface area contributed by atoms with E-state index in [-0.39, 0.29) is 5.91 Å². The molecule has 0 aromatic heterocycles. The zero-order valence-electron chi connectivity index (χ0n) is 13.6. The van der Waals surface area contributed by atoms with Gasteiger partial charge in [0.25, 0.3) is 0 Å². The number of carbonyl (C=O) groups is 1. The lowest BCUT2D eigenvalue weighted by Crippen LogP contribution is -2.53. The summed E-state index contributed by atoms with van der Waals surface area (Å²) in [6.45, 7) is 8.59. The molecule has 0 bridgehead atoms. The molecule has 0 aliphatic carbocycles. The smallest absolute Gasteiger partial charge is 0.219 e. The Kier molecular flexibility index (Phi) is 6.25. The fourth-order valence-corrected chi connectivity index (χ4v) is 2.59. The molecule has 0 saturated carbocycles. The van der Waals surface area contributed by atoms with Crippen LogP contribution in [0, 0.1) is 0 Å². The molecule has 0 spiro atoms. The summed E-state index contributed by atoms with van der Waals surface area (Å²) in [7, 11) is 0. The largest absolute Gasteiger partial charge is 0.357 e. The fraction of sp³-hybridized carbons (Fsp3) is 0.529. The van der Waals surface area contributed by atoms with Gasteiger partial charge in [-0.3, -0.25) is 9.79 Å². The Hall–Kier alpha value is -2.04. The van der Waals surface area contributed by atoms with Gasteiger partial charge in [-0.25, -0.2) is 0 Å². The topological polar surface area (TPSA) is 47.9 Å². The second-order valence-electron chi connectivity index (χ2n) is 5.46. The van der Waals surface area contributed by atoms with Crippen LogP contribution in [0.4, 0.5) is 0 Å². The monoisotopic (exact) mass is 302 g/mol. The number of rotatable bonds is 4. The molecular formula is C17H26N4O. The third-order valence-corrected chi connectivity index (χ3v) is 3.86. The summed E-state index contributed by atoms with van der Waals surface area (Å²) in [4.78, 5) is 20.3. The lowest BCUT2D eigenvalue weighted by Gasteiger charge is -2.36. The normalized spacial score (nSPS) is 15.8. The van der Waals surface area contributed by atoms with Gasteiger partial charge in [0.15, 0.2) is 5.96 Å². The van der Waals surface area contributed by atoms with Crippen LogP contribution in [0.5, 0.6) is 0 Å². The average Bonchev–Trinajstić information content (AvgIpc) is 2.55. The van der Waals surface area contributed by atoms with E-state index in [9.17, 15) is 4.79 Å². The van der Waals surface area contributed by atoms with Gasteiger partial charge in [0.2, 0.25) is 5.91 Å². The van der Waals surface area contributed by atoms with Gasteiger partial charge in [-0.2, -0.15) is 0 Å². The van der Waals surface area contributed by atoms with Gasteiger partial charge < -0.3 is 15.1 Å². The SMILES string of the molecule is CCNC(=NCCc1ccccc1)N1CCN(C(C)=O)CC1. The first-order valence-electron chi connectivity index (χ1n) is 8.03. The number of guanidine groups is 1. The van der Waals surface area contributed by atoms with Crippen LogP contribution >= 0.6 is 0 Å². The molecule has 2 rings (SSSR count). The number of hydrogen-bond acceptors (Lipinski definition) is 2. The predicted octanol–water partition coefficient (Wildman–Crippen LogP) is 1.36. The quantitative estimate of drug-likeness (QED) is 0.675. The van der Waals surface area contributed by atoms with Gasteiger partial charge >= 0.3 is 0 Å². The summed E-state index contributed by atoms with van der Waals surface area (Å²) in [5, 5.41) is 3.36. The van der Waals surface area contributed by atoms with E-state index in [1.165, 1.54) is 5.56 Å². The number of amides is 1. The standard InChI is InChI=1S/C17H26N4O/c1-3-18-17(19-10-9-16-7-5-4-6-8-16)21-13-11-20(12-14-21)15(2)22/h4-8H,3,9-14H2,1-2H3,(H,18,19). The van der Waals surface area contributed by atoms with Crippen molar-refractivity contribution >= 4 is 11.9 Å². The molecule has 5 nitrogen and oxygen atoms in total. The van der Waals surface area contributed by atoms with Crippen LogP contribution in [0.3, 0.4) is 0 Å². The van der Waals surface area contributed by atoms with Crippen LogP contribution in [-0.2, 0) is 11.2 Å². The number of nitrogens with one attached hydrogen (secondary N) is 1. The van der Waals surface area contributed by atoms with E-state index in [0.717, 1.165) is 51.6 Å². The number of aliphatic imine (C=N–C) groups is 1. The van der Waals surface area contributed by atoms with Gasteiger partial charge in [0.1, 0.15) is 0 Å². The molecule has 1 aliphatic rings. The first-order chi connectivity index (χ1) is 10.7. The molecule has 0 unspecified atom stereocenters. The Labute approximate surface area is 133 Å². The second kappa shape index (κ2) is 8.41. The second-order valence-corrected chi connectivity index (χ2v) is 5.46. The minimum Gasteiger partial charge on any atom is -0.357 e. The van der Waals surface area contributed by atoms with Crippen molar-refractivity contribution in [3.63, 3.8) is 0 Å². The Morgan fingerprint density at radius 3 is 2.36 bits per heavy atom. The van der Waals surface area contributed by atoms with Crippen molar-refractivity contribution in [3.8, 4) is 0 Å². The molecule has 1 fully saturated rings. The van der Waals surface area contributed by atoms with E-state index in [0.29, 0.717) is 0 Å². The highest BCUT2D eigenvalue weighted by Crippen LogP contribution is 2.04. The molecule has 1 aliphatic heterocycles. The van der Waals surface area contributed by atoms with E-state index in [2.05, 4.69) is 41.4 Å². The van der Waals surface area contributed by atoms with Gasteiger partial charge in [0.05, 0.1) is 0 Å². The van der Waals surface area contributed by atoms with Crippen molar-refractivity contribution in [1.82, 2.24) is 15.1 Å². The van der Waals surface area contributed by atoms with Crippen molar-refractivity contribution < 1.29 is 4.79 Å². The lowest BCUT2D eigenvalue weighted by molar-refractivity contribution is -0.130. The highest BCUT2D eigenvalue weighted by Gasteiger charge is 2.20. The van der Waals surface area contributed by atoms with Crippen molar-refractivity contribution in [1.29, 1.82) is 0 Å². The van der Waals surface area contributed by atoms with Gasteiger partial charge in [-0.15, -0.1) is 0 Å². The van der Waals surface area contributed by atoms with E-state index >= 15 is 0 Å². The first-order valence-corrected chi connectivity index (χ1v) is 8.03. The Morgan fingerprint density at radius 1 is 1.14 bits per heavy atom. The van der Waals surface area contributed by atoms with Crippen LogP contribution in [0.25, 0.3) is 0 Å². The van der Waals surface area contributed by atoms with Crippen molar-refractivity contribution in [2.75, 3.05) is 39.3 Å². The number of piperazine rings is 1. The maximum absolute atomic E-state index is 11.4. The molecule has 22 heavy (non-hydrogen) atoms. The number of carbonyl (C=O) groups excluding carboxylic acids is 1. The van der Waals surface area contributed by atoms with Crippen LogP contribution in [0.2, 0.25) is 0 Å². The first kappa shape index (κ1) is 16.3. The Bertz CT molecular complexity index is 493. The lowest BCUT2D eigenvalue weighted by atomic mass is 10.2. The average molecular weight is 302 g/mol. The number of benzene rings is 1. The third-order valence-electron chi connectivity index (χ3n) is 3.86. The molecule has 1 saturated heterocycles. The Morgan fingerprint density at radius 2 is 1.77 bits per heavy atom. The summed E-state index contributed by atoms with van der Waals surface area (Å²) in [6.07, 6.45) is 0.948. The van der Waals surface area contributed by atoms with Crippen LogP contribution in [0.15, 0.2) is 35.3 Å². The fourth-order valence-electron chi connectivity index (χ4n) is 2.59. The summed E-state index contributed by atoms with van der Waals surface area (Å²) >= 11 is 0. The summed E-state index contributed by atoms with van der Waals surface area (Å²) in [5.41, 5.74) is 1.31. The molecule has 5 heteroatoms. The molecule has 1 N–H and O–H groups in total. The van der Waals surface area contributed by atoms with Crippen LogP contribution in [0.1, 0.15) is 19.4 Å². The summed E-state index contributed by atoms with van der Waals surface area (Å²) in [5.74, 6) is 1.12. The molecule has 1 aromatic rings. The molecule has 120 valence electrons. The third kappa shape index (κ3) is 4.76. The van der Waals surface area contributed by atoms with Crippen LogP contribution < -0.4 is 5.32 Å². The predicted molar refractivity (Wildman–Crippen MR) is 90.0 cm³/mol. The molecule has 1 heterocycles. The molecule has 0 radical (unpaired) electrons. The highest BCUT2D eigenvalue weighted by molar-refractivity contribution is 5.80. The molecule has 1 amide bonds. The molecule has 1 aromatic carbocycles. The van der Waals surface area contributed by atoms with Crippen molar-refractivity contribution in [3.05, 3.63) is 35.9 Å². The maximum Gasteiger partial charge on any atom is 0.219 e. The maximum atomic E-state index is 11.4. The van der Waals surface area contributed by atoms with Gasteiger partial charge in [-0.05, 0) is 18.9 Å². The van der Waals surface area contributed by atoms with Crippen LogP contribution in [-0.4, -0.2) is 60.9 Å². The Balaban J connectivity index is 1.89. The minimum absolute atomic E-state index is 0.158. The van der Waals surface area contributed by atoms with Gasteiger partial charge in [-0.1, -0.05) is 30.3 Å². The van der Waals surface area contributed by atoms with Crippen molar-refractivity contribution in [2.24, 2.45) is 4.99 Å². The summed E-state index contributed by atoms with van der Waals surface area (Å²) in [6, 6.07) is 10.4. The number of nitrogens with zero attached hydrogens (tertiary/aromatic N) is 3. The molecular weight excluding hydrogens is 276 g/mol. The number of hydrogen-bond donors (Lipinski definition) is 1. The zero-order chi connectivity index (χ0) is 15.8. The summed E-state index contributed by atoms with van der Waals surface area (Å²) < 4.78 is 0. The zero-order valence-corrected chi connectivity index (χ0v) is 13.6. The van der Waals surface area contributed by atoms with E-state index in [4.69, 9.17) is 4.99 Å². The molecule has 0 atom stereocenters. The minimum atomic E-state index is 0.158. The van der Waals surface area contributed by atoms with E-state index < -0.39 is 0 Å². The van der Waals surface area contributed by atoms with Gasteiger partial charge in [0, 0.05) is 46.2 Å². The van der Waals surface area contributed by atoms with E-state index in [1.807, 2.05) is 11.0 Å².